The molecule has 0 N–H and O–H groups in total. The molecular formula is C12H30NSi+. The quantitative estimate of drug-likeness (QED) is 0.315. The lowest BCUT2D eigenvalue weighted by molar-refractivity contribution is -0.890. The van der Waals surface area contributed by atoms with Crippen LogP contribution in [-0.2, 0) is 0 Å². The second-order valence-corrected chi connectivity index (χ2v) is 6.15. The van der Waals surface area contributed by atoms with Crippen molar-refractivity contribution in [2.75, 3.05) is 27.2 Å². The Bertz CT molecular complexity index is 123. The molecule has 0 saturated heterocycles. The van der Waals surface area contributed by atoms with Crippen LogP contribution in [0, 0.1) is 0 Å². The van der Waals surface area contributed by atoms with E-state index >= 15 is 0 Å². The summed E-state index contributed by atoms with van der Waals surface area (Å²) in [5.74, 6) is 0. The molecule has 0 spiro atoms. The summed E-state index contributed by atoms with van der Waals surface area (Å²) in [7, 11) is 6.15. The third-order valence-corrected chi connectivity index (χ3v) is 3.69. The number of hydrogen-bond acceptors (Lipinski definition) is 0. The third-order valence-electron chi connectivity index (χ3n) is 2.98. The van der Waals surface area contributed by atoms with E-state index in [1.165, 1.54) is 72.4 Å². The van der Waals surface area contributed by atoms with Crippen LogP contribution in [0.2, 0.25) is 6.04 Å². The van der Waals surface area contributed by atoms with Gasteiger partial charge in [0.2, 0.25) is 0 Å². The van der Waals surface area contributed by atoms with E-state index in [9.17, 15) is 0 Å². The zero-order chi connectivity index (χ0) is 10.9. The Morgan fingerprint density at radius 1 is 0.857 bits per heavy atom. The van der Waals surface area contributed by atoms with Gasteiger partial charge in [0.25, 0.3) is 0 Å². The highest BCUT2D eigenvalue weighted by molar-refractivity contribution is 6.08. The summed E-state index contributed by atoms with van der Waals surface area (Å²) in [6.45, 7) is 5.05. The Kier molecular flexibility index (Phi) is 8.59. The molecule has 1 nitrogen and oxygen atoms in total. The van der Waals surface area contributed by atoms with Crippen LogP contribution in [0.3, 0.4) is 0 Å². The molecule has 0 unspecified atom stereocenters. The summed E-state index contributed by atoms with van der Waals surface area (Å²) >= 11 is 0. The van der Waals surface area contributed by atoms with Gasteiger partial charge in [-0.25, -0.2) is 0 Å². The van der Waals surface area contributed by atoms with Gasteiger partial charge in [-0.3, -0.25) is 0 Å². The Balaban J connectivity index is 3.35. The predicted octanol–water partition coefficient (Wildman–Crippen LogP) is 2.21. The van der Waals surface area contributed by atoms with Crippen LogP contribution in [0.25, 0.3) is 0 Å². The highest BCUT2D eigenvalue weighted by atomic mass is 28.1. The van der Waals surface area contributed by atoms with Crippen LogP contribution < -0.4 is 0 Å². The lowest BCUT2D eigenvalue weighted by Crippen LogP contribution is -2.41. The number of rotatable bonds is 9. The van der Waals surface area contributed by atoms with E-state index in [-0.39, 0.29) is 0 Å². The van der Waals surface area contributed by atoms with Crippen LogP contribution >= 0.6 is 0 Å². The molecule has 0 aromatic carbocycles. The van der Waals surface area contributed by atoms with E-state index in [4.69, 9.17) is 0 Å². The standard InChI is InChI=1S/C12H30NSi/c1-4-5-6-7-8-10-13(2,3)11-9-12-14/h4-12H2,1-3,14H3/q+1. The molecule has 0 aliphatic rings. The summed E-state index contributed by atoms with van der Waals surface area (Å²) in [6.07, 6.45) is 8.53. The minimum Gasteiger partial charge on any atom is -0.328 e. The largest absolute Gasteiger partial charge is 0.328 e. The molecule has 14 heavy (non-hydrogen) atoms. The molecule has 0 aromatic rings. The molecule has 2 heteroatoms. The summed E-state index contributed by atoms with van der Waals surface area (Å²) in [4.78, 5) is 0. The van der Waals surface area contributed by atoms with Crippen molar-refractivity contribution in [3.63, 3.8) is 0 Å². The monoisotopic (exact) mass is 216 g/mol. The smallest absolute Gasteiger partial charge is 0.0782 e. The first kappa shape index (κ1) is 14.2. The lowest BCUT2D eigenvalue weighted by atomic mass is 10.1. The fraction of sp³-hybridized carbons (Fsp3) is 1.00. The van der Waals surface area contributed by atoms with Gasteiger partial charge in [-0.05, 0) is 19.3 Å². The van der Waals surface area contributed by atoms with Crippen molar-refractivity contribution in [3.8, 4) is 0 Å². The molecular weight excluding hydrogens is 186 g/mol. The Morgan fingerprint density at radius 3 is 2.00 bits per heavy atom. The minimum absolute atomic E-state index is 1.24. The van der Waals surface area contributed by atoms with E-state index in [1.807, 2.05) is 0 Å². The maximum Gasteiger partial charge on any atom is 0.0782 e. The fourth-order valence-electron chi connectivity index (χ4n) is 1.84. The van der Waals surface area contributed by atoms with E-state index < -0.39 is 0 Å². The molecule has 0 rings (SSSR count). The van der Waals surface area contributed by atoms with Gasteiger partial charge in [0.1, 0.15) is 0 Å². The van der Waals surface area contributed by atoms with Crippen LogP contribution in [-0.4, -0.2) is 41.9 Å². The van der Waals surface area contributed by atoms with Crippen molar-refractivity contribution in [1.29, 1.82) is 0 Å². The summed E-state index contributed by atoms with van der Waals surface area (Å²) < 4.78 is 1.24. The Morgan fingerprint density at radius 2 is 1.43 bits per heavy atom. The molecule has 0 aromatic heterocycles. The van der Waals surface area contributed by atoms with Crippen LogP contribution in [0.15, 0.2) is 0 Å². The minimum atomic E-state index is 1.24. The van der Waals surface area contributed by atoms with Gasteiger partial charge >= 0.3 is 0 Å². The second-order valence-electron chi connectivity index (χ2n) is 5.15. The van der Waals surface area contributed by atoms with Gasteiger partial charge < -0.3 is 4.48 Å². The lowest BCUT2D eigenvalue weighted by Gasteiger charge is -2.29. The predicted molar refractivity (Wildman–Crippen MR) is 70.0 cm³/mol. The zero-order valence-corrected chi connectivity index (χ0v) is 12.8. The fourth-order valence-corrected chi connectivity index (χ4v) is 2.16. The molecule has 0 fully saturated rings. The number of nitrogens with zero attached hydrogens (tertiary/aromatic N) is 1. The van der Waals surface area contributed by atoms with E-state index in [0.29, 0.717) is 0 Å². The van der Waals surface area contributed by atoms with Crippen molar-refractivity contribution in [1.82, 2.24) is 0 Å². The van der Waals surface area contributed by atoms with Crippen LogP contribution in [0.4, 0.5) is 0 Å². The van der Waals surface area contributed by atoms with Crippen LogP contribution in [0.1, 0.15) is 45.4 Å². The van der Waals surface area contributed by atoms with Crippen molar-refractivity contribution in [2.45, 2.75) is 51.5 Å². The van der Waals surface area contributed by atoms with Gasteiger partial charge in [0, 0.05) is 10.2 Å². The number of hydrogen-bond donors (Lipinski definition) is 0. The summed E-state index contributed by atoms with van der Waals surface area (Å²) in [6, 6.07) is 1.47. The number of unbranched alkanes of at least 4 members (excludes halogenated alkanes) is 4. The van der Waals surface area contributed by atoms with Gasteiger partial charge in [0.05, 0.1) is 27.2 Å². The molecule has 0 amide bonds. The first-order chi connectivity index (χ1) is 6.62. The van der Waals surface area contributed by atoms with E-state index in [2.05, 4.69) is 21.0 Å². The van der Waals surface area contributed by atoms with Crippen molar-refractivity contribution < 1.29 is 4.48 Å². The average Bonchev–Trinajstić information content (AvgIpc) is 2.15. The Hall–Kier alpha value is 0.177. The highest BCUT2D eigenvalue weighted by Crippen LogP contribution is 2.07. The summed E-state index contributed by atoms with van der Waals surface area (Å²) in [5, 5.41) is 0. The van der Waals surface area contributed by atoms with Gasteiger partial charge in [-0.15, -0.1) is 0 Å². The normalized spacial score (nSPS) is 12.2. The maximum absolute atomic E-state index is 2.39. The van der Waals surface area contributed by atoms with Crippen LogP contribution in [0.5, 0.6) is 0 Å². The molecule has 0 heterocycles. The number of quaternary nitrogens is 1. The molecule has 0 atom stereocenters. The van der Waals surface area contributed by atoms with E-state index in [1.54, 1.807) is 0 Å². The summed E-state index contributed by atoms with van der Waals surface area (Å²) in [5.41, 5.74) is 0. The van der Waals surface area contributed by atoms with Gasteiger partial charge in [0.15, 0.2) is 0 Å². The molecule has 0 bridgehead atoms. The van der Waals surface area contributed by atoms with Crippen molar-refractivity contribution in [2.24, 2.45) is 0 Å². The van der Waals surface area contributed by atoms with Crippen molar-refractivity contribution >= 4 is 10.2 Å². The molecule has 86 valence electrons. The maximum atomic E-state index is 2.39. The zero-order valence-electron chi connectivity index (χ0n) is 10.8. The SMILES string of the molecule is CCCCCCC[N+](C)(C)CCC[SiH3]. The highest BCUT2D eigenvalue weighted by Gasteiger charge is 2.12. The van der Waals surface area contributed by atoms with Crippen molar-refractivity contribution in [3.05, 3.63) is 0 Å². The van der Waals surface area contributed by atoms with Gasteiger partial charge in [-0.1, -0.05) is 32.2 Å². The molecule has 0 saturated carbocycles. The van der Waals surface area contributed by atoms with Gasteiger partial charge in [-0.2, -0.15) is 0 Å². The molecule has 0 aliphatic carbocycles. The molecule has 0 radical (unpaired) electrons. The first-order valence-electron chi connectivity index (χ1n) is 6.44. The Labute approximate surface area is 93.9 Å². The second kappa shape index (κ2) is 8.48. The first-order valence-corrected chi connectivity index (χ1v) is 7.86. The topological polar surface area (TPSA) is 0 Å². The van der Waals surface area contributed by atoms with E-state index in [0.717, 1.165) is 0 Å². The third kappa shape index (κ3) is 8.76. The molecule has 0 aliphatic heterocycles. The average molecular weight is 216 g/mol.